The number of amides is 3. The Kier molecular flexibility index (Phi) is 3.72. The minimum Gasteiger partial charge on any atom is -0.341 e. The number of piperidine rings is 1. The number of fused-ring (bicyclic) bond motifs is 1. The lowest BCUT2D eigenvalue weighted by Crippen LogP contribution is -2.51. The SMILES string of the molecule is CC1CCN(C(=O)[C@H](C)N2C(=O)c3ccccc3C2=O)CC1. The van der Waals surface area contributed by atoms with Gasteiger partial charge in [-0.3, -0.25) is 19.3 Å². The van der Waals surface area contributed by atoms with Gasteiger partial charge >= 0.3 is 0 Å². The summed E-state index contributed by atoms with van der Waals surface area (Å²) in [4.78, 5) is 40.3. The molecule has 1 aromatic carbocycles. The van der Waals surface area contributed by atoms with Gasteiger partial charge in [0.2, 0.25) is 5.91 Å². The Hall–Kier alpha value is -2.17. The number of likely N-dealkylation sites (tertiary alicyclic amines) is 1. The van der Waals surface area contributed by atoms with E-state index in [9.17, 15) is 14.4 Å². The summed E-state index contributed by atoms with van der Waals surface area (Å²) in [6, 6.07) is 5.98. The molecule has 2 heterocycles. The van der Waals surface area contributed by atoms with Gasteiger partial charge in [0.15, 0.2) is 0 Å². The maximum Gasteiger partial charge on any atom is 0.262 e. The number of hydrogen-bond acceptors (Lipinski definition) is 3. The van der Waals surface area contributed by atoms with Crippen LogP contribution in [0, 0.1) is 5.92 Å². The van der Waals surface area contributed by atoms with Gasteiger partial charge in [0.25, 0.3) is 11.8 Å². The van der Waals surface area contributed by atoms with Gasteiger partial charge in [-0.1, -0.05) is 19.1 Å². The number of imide groups is 1. The molecule has 0 aromatic heterocycles. The molecule has 0 spiro atoms. The fraction of sp³-hybridized carbons (Fsp3) is 0.471. The molecule has 3 amide bonds. The quantitative estimate of drug-likeness (QED) is 0.784. The Labute approximate surface area is 129 Å². The average molecular weight is 300 g/mol. The van der Waals surface area contributed by atoms with Crippen molar-refractivity contribution in [2.45, 2.75) is 32.7 Å². The van der Waals surface area contributed by atoms with Crippen LogP contribution in [0.1, 0.15) is 47.4 Å². The zero-order valence-electron chi connectivity index (χ0n) is 12.9. The molecule has 0 bridgehead atoms. The highest BCUT2D eigenvalue weighted by Crippen LogP contribution is 2.26. The van der Waals surface area contributed by atoms with E-state index in [1.165, 1.54) is 0 Å². The lowest BCUT2D eigenvalue weighted by Gasteiger charge is -2.34. The third-order valence-electron chi connectivity index (χ3n) is 4.67. The average Bonchev–Trinajstić information content (AvgIpc) is 2.79. The van der Waals surface area contributed by atoms with Crippen LogP contribution in [0.15, 0.2) is 24.3 Å². The van der Waals surface area contributed by atoms with Crippen LogP contribution in [0.4, 0.5) is 0 Å². The summed E-state index contributed by atoms with van der Waals surface area (Å²) < 4.78 is 0. The zero-order chi connectivity index (χ0) is 15.9. The fourth-order valence-electron chi connectivity index (χ4n) is 3.16. The molecule has 116 valence electrons. The van der Waals surface area contributed by atoms with Crippen LogP contribution in [0.2, 0.25) is 0 Å². The Morgan fingerprint density at radius 3 is 2.09 bits per heavy atom. The van der Waals surface area contributed by atoms with E-state index in [1.807, 2.05) is 0 Å². The molecule has 2 aliphatic heterocycles. The molecule has 5 nitrogen and oxygen atoms in total. The molecule has 0 saturated carbocycles. The van der Waals surface area contributed by atoms with Crippen molar-refractivity contribution in [3.63, 3.8) is 0 Å². The molecule has 0 N–H and O–H groups in total. The van der Waals surface area contributed by atoms with E-state index in [-0.39, 0.29) is 17.7 Å². The van der Waals surface area contributed by atoms with Crippen LogP contribution >= 0.6 is 0 Å². The van der Waals surface area contributed by atoms with Crippen molar-refractivity contribution in [3.8, 4) is 0 Å². The van der Waals surface area contributed by atoms with Gasteiger partial charge in [-0.2, -0.15) is 0 Å². The maximum absolute atomic E-state index is 12.6. The second-order valence-electron chi connectivity index (χ2n) is 6.21. The maximum atomic E-state index is 12.6. The summed E-state index contributed by atoms with van der Waals surface area (Å²) in [5.41, 5.74) is 0.777. The molecule has 3 rings (SSSR count). The van der Waals surface area contributed by atoms with E-state index < -0.39 is 6.04 Å². The van der Waals surface area contributed by atoms with Crippen molar-refractivity contribution in [1.29, 1.82) is 0 Å². The molecule has 0 radical (unpaired) electrons. The van der Waals surface area contributed by atoms with Crippen molar-refractivity contribution >= 4 is 17.7 Å². The Bertz CT molecular complexity index is 598. The van der Waals surface area contributed by atoms with E-state index in [4.69, 9.17) is 0 Å². The van der Waals surface area contributed by atoms with Gasteiger partial charge in [0.1, 0.15) is 6.04 Å². The first kappa shape index (κ1) is 14.8. The monoisotopic (exact) mass is 300 g/mol. The molecule has 2 aliphatic rings. The summed E-state index contributed by atoms with van der Waals surface area (Å²) in [5.74, 6) is -0.251. The first-order valence-electron chi connectivity index (χ1n) is 7.76. The van der Waals surface area contributed by atoms with Gasteiger partial charge in [-0.25, -0.2) is 0 Å². The minimum absolute atomic E-state index is 0.138. The fourth-order valence-corrected chi connectivity index (χ4v) is 3.16. The van der Waals surface area contributed by atoms with Crippen LogP contribution in [0.3, 0.4) is 0 Å². The molecule has 1 saturated heterocycles. The highest BCUT2D eigenvalue weighted by atomic mass is 16.2. The van der Waals surface area contributed by atoms with Gasteiger partial charge in [0, 0.05) is 13.1 Å². The van der Waals surface area contributed by atoms with E-state index in [0.717, 1.165) is 17.7 Å². The van der Waals surface area contributed by atoms with E-state index in [0.29, 0.717) is 30.1 Å². The molecular weight excluding hydrogens is 280 g/mol. The molecule has 5 heteroatoms. The summed E-state index contributed by atoms with van der Waals surface area (Å²) in [5, 5.41) is 0. The molecule has 1 aromatic rings. The first-order valence-corrected chi connectivity index (χ1v) is 7.76. The topological polar surface area (TPSA) is 57.7 Å². The third kappa shape index (κ3) is 2.30. The summed E-state index contributed by atoms with van der Waals surface area (Å²) >= 11 is 0. The Morgan fingerprint density at radius 1 is 1.09 bits per heavy atom. The molecule has 22 heavy (non-hydrogen) atoms. The predicted molar refractivity (Wildman–Crippen MR) is 81.4 cm³/mol. The molecule has 1 fully saturated rings. The van der Waals surface area contributed by atoms with Crippen LogP contribution < -0.4 is 0 Å². The second kappa shape index (κ2) is 5.55. The van der Waals surface area contributed by atoms with E-state index in [1.54, 1.807) is 36.1 Å². The van der Waals surface area contributed by atoms with Gasteiger partial charge in [-0.15, -0.1) is 0 Å². The second-order valence-corrected chi connectivity index (χ2v) is 6.21. The highest BCUT2D eigenvalue weighted by Gasteiger charge is 2.41. The molecule has 0 unspecified atom stereocenters. The number of hydrogen-bond donors (Lipinski definition) is 0. The number of carbonyl (C=O) groups excluding carboxylic acids is 3. The van der Waals surface area contributed by atoms with Gasteiger partial charge < -0.3 is 4.90 Å². The number of nitrogens with zero attached hydrogens (tertiary/aromatic N) is 2. The van der Waals surface area contributed by atoms with Crippen molar-refractivity contribution in [1.82, 2.24) is 9.80 Å². The van der Waals surface area contributed by atoms with Crippen LogP contribution in [-0.4, -0.2) is 46.7 Å². The molecular formula is C17H20N2O3. The van der Waals surface area contributed by atoms with Gasteiger partial charge in [0.05, 0.1) is 11.1 Å². The lowest BCUT2D eigenvalue weighted by atomic mass is 9.98. The van der Waals surface area contributed by atoms with E-state index >= 15 is 0 Å². The highest BCUT2D eigenvalue weighted by molar-refractivity contribution is 6.22. The zero-order valence-corrected chi connectivity index (χ0v) is 12.9. The van der Waals surface area contributed by atoms with Crippen LogP contribution in [-0.2, 0) is 4.79 Å². The number of benzene rings is 1. The van der Waals surface area contributed by atoms with E-state index in [2.05, 4.69) is 6.92 Å². The smallest absolute Gasteiger partial charge is 0.262 e. The van der Waals surface area contributed by atoms with Crippen molar-refractivity contribution in [2.75, 3.05) is 13.1 Å². The van der Waals surface area contributed by atoms with Crippen LogP contribution in [0.5, 0.6) is 0 Å². The molecule has 1 atom stereocenters. The number of rotatable bonds is 2. The summed E-state index contributed by atoms with van der Waals surface area (Å²) in [6.45, 7) is 5.22. The summed E-state index contributed by atoms with van der Waals surface area (Å²) in [6.07, 6.45) is 1.95. The first-order chi connectivity index (χ1) is 10.5. The molecule has 0 aliphatic carbocycles. The number of carbonyl (C=O) groups is 3. The normalized spacial score (nSPS) is 20.3. The Morgan fingerprint density at radius 2 is 1.59 bits per heavy atom. The Balaban J connectivity index is 1.79. The van der Waals surface area contributed by atoms with Crippen molar-refractivity contribution in [3.05, 3.63) is 35.4 Å². The van der Waals surface area contributed by atoms with Crippen LogP contribution in [0.25, 0.3) is 0 Å². The van der Waals surface area contributed by atoms with Gasteiger partial charge in [-0.05, 0) is 37.8 Å². The lowest BCUT2D eigenvalue weighted by molar-refractivity contribution is -0.136. The van der Waals surface area contributed by atoms with Crippen molar-refractivity contribution < 1.29 is 14.4 Å². The predicted octanol–water partition coefficient (Wildman–Crippen LogP) is 1.93. The third-order valence-corrected chi connectivity index (χ3v) is 4.67. The largest absolute Gasteiger partial charge is 0.341 e. The van der Waals surface area contributed by atoms with Crippen molar-refractivity contribution in [2.24, 2.45) is 5.92 Å². The minimum atomic E-state index is -0.749. The summed E-state index contributed by atoms with van der Waals surface area (Å²) in [7, 11) is 0. The standard InChI is InChI=1S/C17H20N2O3/c1-11-7-9-18(10-8-11)15(20)12(2)19-16(21)13-5-3-4-6-14(13)17(19)22/h3-6,11-12H,7-10H2,1-2H3/t12-/m0/s1.